The van der Waals surface area contributed by atoms with Crippen molar-refractivity contribution in [2.24, 2.45) is 0 Å². The molecule has 0 spiro atoms. The Kier molecular flexibility index (Phi) is 9.61. The van der Waals surface area contributed by atoms with Crippen LogP contribution in [0.3, 0.4) is 0 Å². The standard InChI is InChI=1S/C28H38O5/c1-3-4-5-6-7-8-21-32-25-15-11-23(12-16-25)22-9-13-24(14-10-22)28(30)19-17-26(18-20-28)33-27(29)31-2/h9-16,26,30H,3-8,17-21H2,1-2H3. The molecule has 0 amide bonds. The summed E-state index contributed by atoms with van der Waals surface area (Å²) in [5.41, 5.74) is 2.24. The average Bonchev–Trinajstić information content (AvgIpc) is 2.85. The van der Waals surface area contributed by atoms with Gasteiger partial charge in [0.25, 0.3) is 0 Å². The van der Waals surface area contributed by atoms with Crippen LogP contribution >= 0.6 is 0 Å². The highest BCUT2D eigenvalue weighted by Gasteiger charge is 2.36. The molecule has 1 aliphatic rings. The molecule has 1 fully saturated rings. The second-order valence-corrected chi connectivity index (χ2v) is 9.02. The summed E-state index contributed by atoms with van der Waals surface area (Å²) in [5.74, 6) is 0.907. The number of ether oxygens (including phenoxy) is 3. The van der Waals surface area contributed by atoms with Gasteiger partial charge < -0.3 is 19.3 Å². The predicted molar refractivity (Wildman–Crippen MR) is 130 cm³/mol. The quantitative estimate of drug-likeness (QED) is 0.292. The minimum atomic E-state index is -0.886. The van der Waals surface area contributed by atoms with Crippen molar-refractivity contribution in [1.29, 1.82) is 0 Å². The molecule has 0 bridgehead atoms. The molecule has 0 aliphatic heterocycles. The first-order chi connectivity index (χ1) is 16.0. The number of benzene rings is 2. The van der Waals surface area contributed by atoms with E-state index in [9.17, 15) is 9.90 Å². The summed E-state index contributed by atoms with van der Waals surface area (Å²) in [5, 5.41) is 11.1. The first-order valence-corrected chi connectivity index (χ1v) is 12.3. The second kappa shape index (κ2) is 12.6. The van der Waals surface area contributed by atoms with E-state index in [1.54, 1.807) is 0 Å². The van der Waals surface area contributed by atoms with Crippen molar-refractivity contribution in [2.75, 3.05) is 13.7 Å². The SMILES string of the molecule is CCCCCCCCOc1ccc(-c2ccc(C3(O)CCC(OC(=O)OC)CC3)cc2)cc1. The van der Waals surface area contributed by atoms with Crippen LogP contribution in [-0.2, 0) is 15.1 Å². The molecule has 0 radical (unpaired) electrons. The highest BCUT2D eigenvalue weighted by molar-refractivity contribution is 5.64. The van der Waals surface area contributed by atoms with Crippen LogP contribution in [0.25, 0.3) is 11.1 Å². The molecule has 2 aromatic rings. The minimum Gasteiger partial charge on any atom is -0.494 e. The lowest BCUT2D eigenvalue weighted by atomic mass is 9.78. The number of hydrogen-bond donors (Lipinski definition) is 1. The number of unbranched alkanes of at least 4 members (excludes halogenated alkanes) is 5. The third-order valence-corrected chi connectivity index (χ3v) is 6.57. The molecule has 180 valence electrons. The van der Waals surface area contributed by atoms with Crippen LogP contribution in [0.1, 0.15) is 76.7 Å². The number of carbonyl (C=O) groups is 1. The molecular weight excluding hydrogens is 416 g/mol. The largest absolute Gasteiger partial charge is 0.508 e. The van der Waals surface area contributed by atoms with Crippen molar-refractivity contribution < 1.29 is 24.1 Å². The average molecular weight is 455 g/mol. The number of rotatable bonds is 11. The van der Waals surface area contributed by atoms with Crippen molar-refractivity contribution >= 4 is 6.16 Å². The molecule has 5 heteroatoms. The zero-order valence-corrected chi connectivity index (χ0v) is 20.1. The van der Waals surface area contributed by atoms with E-state index in [0.717, 1.165) is 35.5 Å². The topological polar surface area (TPSA) is 65.0 Å². The van der Waals surface area contributed by atoms with Crippen LogP contribution in [0.15, 0.2) is 48.5 Å². The molecular formula is C28H38O5. The zero-order valence-electron chi connectivity index (χ0n) is 20.1. The number of aliphatic hydroxyl groups is 1. The molecule has 1 aliphatic carbocycles. The third kappa shape index (κ3) is 7.50. The van der Waals surface area contributed by atoms with Gasteiger partial charge in [0, 0.05) is 0 Å². The van der Waals surface area contributed by atoms with Gasteiger partial charge in [-0.3, -0.25) is 0 Å². The highest BCUT2D eigenvalue weighted by Crippen LogP contribution is 2.38. The summed E-state index contributed by atoms with van der Waals surface area (Å²) in [6, 6.07) is 16.3. The summed E-state index contributed by atoms with van der Waals surface area (Å²) < 4.78 is 15.7. The van der Waals surface area contributed by atoms with Crippen LogP contribution in [0, 0.1) is 0 Å². The van der Waals surface area contributed by atoms with Gasteiger partial charge in [0.1, 0.15) is 11.9 Å². The summed E-state index contributed by atoms with van der Waals surface area (Å²) in [6.45, 7) is 3.01. The van der Waals surface area contributed by atoms with Gasteiger partial charge >= 0.3 is 6.16 Å². The van der Waals surface area contributed by atoms with Gasteiger partial charge in [-0.25, -0.2) is 4.79 Å². The number of methoxy groups -OCH3 is 1. The maximum Gasteiger partial charge on any atom is 0.508 e. The van der Waals surface area contributed by atoms with Crippen LogP contribution in [0.4, 0.5) is 4.79 Å². The van der Waals surface area contributed by atoms with Crippen molar-refractivity contribution in [2.45, 2.75) is 82.8 Å². The Morgan fingerprint density at radius 3 is 2.09 bits per heavy atom. The van der Waals surface area contributed by atoms with Gasteiger partial charge in [-0.05, 0) is 60.9 Å². The summed E-state index contributed by atoms with van der Waals surface area (Å²) >= 11 is 0. The molecule has 0 unspecified atom stereocenters. The van der Waals surface area contributed by atoms with Crippen molar-refractivity contribution in [1.82, 2.24) is 0 Å². The van der Waals surface area contributed by atoms with Gasteiger partial charge in [0.05, 0.1) is 19.3 Å². The monoisotopic (exact) mass is 454 g/mol. The number of hydrogen-bond acceptors (Lipinski definition) is 5. The second-order valence-electron chi connectivity index (χ2n) is 9.02. The normalized spacial score (nSPS) is 20.3. The van der Waals surface area contributed by atoms with Crippen LogP contribution < -0.4 is 4.74 Å². The third-order valence-electron chi connectivity index (χ3n) is 6.57. The summed E-state index contributed by atoms with van der Waals surface area (Å²) in [6.07, 6.45) is 9.05. The van der Waals surface area contributed by atoms with Crippen molar-refractivity contribution in [3.05, 3.63) is 54.1 Å². The van der Waals surface area contributed by atoms with Crippen molar-refractivity contribution in [3.63, 3.8) is 0 Å². The Balaban J connectivity index is 1.48. The van der Waals surface area contributed by atoms with Crippen LogP contribution in [0.2, 0.25) is 0 Å². The first-order valence-electron chi connectivity index (χ1n) is 12.3. The van der Waals surface area contributed by atoms with E-state index in [0.29, 0.717) is 25.7 Å². The Hall–Kier alpha value is -2.53. The van der Waals surface area contributed by atoms with E-state index in [1.165, 1.54) is 39.2 Å². The molecule has 0 aromatic heterocycles. The summed E-state index contributed by atoms with van der Waals surface area (Å²) in [4.78, 5) is 11.3. The predicted octanol–water partition coefficient (Wildman–Crippen LogP) is 7.01. The minimum absolute atomic E-state index is 0.196. The van der Waals surface area contributed by atoms with Crippen molar-refractivity contribution in [3.8, 4) is 16.9 Å². The van der Waals surface area contributed by atoms with E-state index in [4.69, 9.17) is 9.47 Å². The van der Waals surface area contributed by atoms with Crippen LogP contribution in [0.5, 0.6) is 5.75 Å². The van der Waals surface area contributed by atoms with E-state index in [1.807, 2.05) is 24.3 Å². The van der Waals surface area contributed by atoms with Crippen LogP contribution in [-0.4, -0.2) is 31.1 Å². The smallest absolute Gasteiger partial charge is 0.494 e. The van der Waals surface area contributed by atoms with Gasteiger partial charge in [-0.1, -0.05) is 75.4 Å². The van der Waals surface area contributed by atoms with Gasteiger partial charge in [-0.2, -0.15) is 0 Å². The molecule has 0 heterocycles. The molecule has 1 N–H and O–H groups in total. The molecule has 5 nitrogen and oxygen atoms in total. The Labute approximate surface area is 198 Å². The van der Waals surface area contributed by atoms with E-state index in [-0.39, 0.29) is 6.10 Å². The lowest BCUT2D eigenvalue weighted by Gasteiger charge is -2.36. The Bertz CT molecular complexity index is 836. The van der Waals surface area contributed by atoms with Gasteiger partial charge in [0.15, 0.2) is 0 Å². The lowest BCUT2D eigenvalue weighted by molar-refractivity contribution is -0.0508. The molecule has 33 heavy (non-hydrogen) atoms. The van der Waals surface area contributed by atoms with E-state index >= 15 is 0 Å². The Morgan fingerprint density at radius 1 is 0.909 bits per heavy atom. The Morgan fingerprint density at radius 2 is 1.48 bits per heavy atom. The fraction of sp³-hybridized carbons (Fsp3) is 0.536. The molecule has 0 atom stereocenters. The maximum atomic E-state index is 11.3. The number of carbonyl (C=O) groups excluding carboxylic acids is 1. The summed E-state index contributed by atoms with van der Waals surface area (Å²) in [7, 11) is 1.31. The van der Waals surface area contributed by atoms with E-state index < -0.39 is 11.8 Å². The first kappa shape index (κ1) is 25.1. The van der Waals surface area contributed by atoms with Gasteiger partial charge in [-0.15, -0.1) is 0 Å². The maximum absolute atomic E-state index is 11.3. The van der Waals surface area contributed by atoms with Gasteiger partial charge in [0.2, 0.25) is 0 Å². The fourth-order valence-corrected chi connectivity index (χ4v) is 4.45. The lowest BCUT2D eigenvalue weighted by Crippen LogP contribution is -2.35. The molecule has 1 saturated carbocycles. The highest BCUT2D eigenvalue weighted by atomic mass is 16.7. The molecule has 3 rings (SSSR count). The fourth-order valence-electron chi connectivity index (χ4n) is 4.45. The molecule has 0 saturated heterocycles. The zero-order chi connectivity index (χ0) is 23.5. The van der Waals surface area contributed by atoms with E-state index in [2.05, 4.69) is 35.9 Å². The molecule has 2 aromatic carbocycles.